The lowest BCUT2D eigenvalue weighted by Gasteiger charge is -2.42. The zero-order valence-electron chi connectivity index (χ0n) is 15.0. The Kier molecular flexibility index (Phi) is 7.98. The SMILES string of the molecule is CSCN1CCN(CCOC2CC(N(C)CC(C)C)C2)CC1. The minimum Gasteiger partial charge on any atom is -0.377 e. The van der Waals surface area contributed by atoms with Gasteiger partial charge in [-0.05, 0) is 32.1 Å². The summed E-state index contributed by atoms with van der Waals surface area (Å²) < 4.78 is 6.05. The molecule has 22 heavy (non-hydrogen) atoms. The van der Waals surface area contributed by atoms with Crippen molar-refractivity contribution in [2.45, 2.75) is 38.8 Å². The first-order chi connectivity index (χ1) is 10.6. The second-order valence-corrected chi connectivity index (χ2v) is 8.16. The van der Waals surface area contributed by atoms with Crippen LogP contribution in [0.15, 0.2) is 0 Å². The van der Waals surface area contributed by atoms with E-state index in [9.17, 15) is 0 Å². The summed E-state index contributed by atoms with van der Waals surface area (Å²) in [5.41, 5.74) is 0. The van der Waals surface area contributed by atoms with Gasteiger partial charge < -0.3 is 9.64 Å². The number of ether oxygens (including phenoxy) is 1. The van der Waals surface area contributed by atoms with E-state index in [0.29, 0.717) is 6.10 Å². The zero-order chi connectivity index (χ0) is 15.9. The van der Waals surface area contributed by atoms with E-state index in [1.807, 2.05) is 11.8 Å². The average Bonchev–Trinajstić information content (AvgIpc) is 2.42. The summed E-state index contributed by atoms with van der Waals surface area (Å²) in [6.45, 7) is 12.6. The minimum atomic E-state index is 0.511. The number of piperazine rings is 1. The van der Waals surface area contributed by atoms with Crippen LogP contribution >= 0.6 is 11.8 Å². The molecule has 130 valence electrons. The number of rotatable bonds is 9. The largest absolute Gasteiger partial charge is 0.377 e. The topological polar surface area (TPSA) is 19.0 Å². The fraction of sp³-hybridized carbons (Fsp3) is 1.00. The molecule has 1 saturated carbocycles. The molecule has 2 fully saturated rings. The van der Waals surface area contributed by atoms with E-state index in [1.54, 1.807) is 0 Å². The van der Waals surface area contributed by atoms with Crippen LogP contribution in [0.25, 0.3) is 0 Å². The van der Waals surface area contributed by atoms with Gasteiger partial charge in [0.05, 0.1) is 12.7 Å². The van der Waals surface area contributed by atoms with Gasteiger partial charge in [-0.3, -0.25) is 9.80 Å². The number of thioether (sulfide) groups is 1. The van der Waals surface area contributed by atoms with Crippen molar-refractivity contribution in [1.29, 1.82) is 0 Å². The summed E-state index contributed by atoms with van der Waals surface area (Å²) in [5, 5.41) is 0. The van der Waals surface area contributed by atoms with E-state index in [1.165, 1.54) is 51.4 Å². The van der Waals surface area contributed by atoms with Crippen LogP contribution in [-0.4, -0.2) is 91.9 Å². The first-order valence-electron chi connectivity index (χ1n) is 8.84. The zero-order valence-corrected chi connectivity index (χ0v) is 15.8. The second kappa shape index (κ2) is 9.48. The molecule has 1 aliphatic heterocycles. The van der Waals surface area contributed by atoms with Crippen LogP contribution in [0.1, 0.15) is 26.7 Å². The molecule has 1 heterocycles. The predicted octanol–water partition coefficient (Wildman–Crippen LogP) is 2.06. The average molecular weight is 330 g/mol. The van der Waals surface area contributed by atoms with Gasteiger partial charge in [0.1, 0.15) is 0 Å². The Balaban J connectivity index is 1.49. The molecule has 0 atom stereocenters. The van der Waals surface area contributed by atoms with Crippen molar-refractivity contribution in [3.63, 3.8) is 0 Å². The Morgan fingerprint density at radius 2 is 1.77 bits per heavy atom. The molecular weight excluding hydrogens is 294 g/mol. The molecule has 0 amide bonds. The molecule has 0 aromatic carbocycles. The van der Waals surface area contributed by atoms with Crippen molar-refractivity contribution in [1.82, 2.24) is 14.7 Å². The molecule has 0 N–H and O–H groups in total. The number of nitrogens with zero attached hydrogens (tertiary/aromatic N) is 3. The first-order valence-corrected chi connectivity index (χ1v) is 10.2. The highest BCUT2D eigenvalue weighted by Crippen LogP contribution is 2.27. The highest BCUT2D eigenvalue weighted by molar-refractivity contribution is 7.98. The minimum absolute atomic E-state index is 0.511. The van der Waals surface area contributed by atoms with Gasteiger partial charge in [-0.1, -0.05) is 13.8 Å². The fourth-order valence-electron chi connectivity index (χ4n) is 3.43. The van der Waals surface area contributed by atoms with E-state index in [0.717, 1.165) is 25.1 Å². The van der Waals surface area contributed by atoms with Gasteiger partial charge in [0.25, 0.3) is 0 Å². The van der Waals surface area contributed by atoms with Gasteiger partial charge in [-0.2, -0.15) is 0 Å². The van der Waals surface area contributed by atoms with Crippen LogP contribution in [0.3, 0.4) is 0 Å². The monoisotopic (exact) mass is 329 g/mol. The van der Waals surface area contributed by atoms with Crippen molar-refractivity contribution in [2.75, 3.05) is 65.1 Å². The van der Waals surface area contributed by atoms with Gasteiger partial charge in [-0.25, -0.2) is 0 Å². The van der Waals surface area contributed by atoms with E-state index in [-0.39, 0.29) is 0 Å². The molecule has 1 saturated heterocycles. The van der Waals surface area contributed by atoms with Crippen LogP contribution in [0.4, 0.5) is 0 Å². The van der Waals surface area contributed by atoms with Gasteiger partial charge in [0, 0.05) is 51.2 Å². The van der Waals surface area contributed by atoms with Crippen molar-refractivity contribution >= 4 is 11.8 Å². The van der Waals surface area contributed by atoms with Crippen LogP contribution in [0.5, 0.6) is 0 Å². The standard InChI is InChI=1S/C17H35N3OS/c1-15(2)13-18(3)16-11-17(12-16)21-10-9-19-5-7-20(8-6-19)14-22-4/h15-17H,5-14H2,1-4H3. The normalized spacial score (nSPS) is 27.5. The summed E-state index contributed by atoms with van der Waals surface area (Å²) in [5.74, 6) is 1.94. The quantitative estimate of drug-likeness (QED) is 0.643. The summed E-state index contributed by atoms with van der Waals surface area (Å²) in [6.07, 6.45) is 5.15. The Bertz CT molecular complexity index is 302. The highest BCUT2D eigenvalue weighted by atomic mass is 32.2. The van der Waals surface area contributed by atoms with E-state index < -0.39 is 0 Å². The molecule has 5 heteroatoms. The van der Waals surface area contributed by atoms with E-state index in [4.69, 9.17) is 4.74 Å². The van der Waals surface area contributed by atoms with E-state index in [2.05, 4.69) is 41.9 Å². The first kappa shape index (κ1) is 18.5. The third kappa shape index (κ3) is 6.00. The molecule has 0 spiro atoms. The van der Waals surface area contributed by atoms with Crippen molar-refractivity contribution < 1.29 is 4.74 Å². The maximum Gasteiger partial charge on any atom is 0.0605 e. The molecule has 0 radical (unpaired) electrons. The van der Waals surface area contributed by atoms with Crippen molar-refractivity contribution in [2.24, 2.45) is 5.92 Å². The third-order valence-electron chi connectivity index (χ3n) is 4.88. The Labute approximate surface area is 141 Å². The molecule has 0 unspecified atom stereocenters. The molecule has 0 bridgehead atoms. The van der Waals surface area contributed by atoms with Crippen LogP contribution in [-0.2, 0) is 4.74 Å². The molecule has 1 aliphatic carbocycles. The number of hydrogen-bond acceptors (Lipinski definition) is 5. The molecule has 0 aromatic heterocycles. The van der Waals surface area contributed by atoms with Crippen LogP contribution in [0, 0.1) is 5.92 Å². The number of hydrogen-bond donors (Lipinski definition) is 0. The molecular formula is C17H35N3OS. The lowest BCUT2D eigenvalue weighted by atomic mass is 9.87. The summed E-state index contributed by atoms with van der Waals surface area (Å²) in [7, 11) is 2.26. The molecule has 2 rings (SSSR count). The highest BCUT2D eigenvalue weighted by Gasteiger charge is 2.32. The fourth-order valence-corrected chi connectivity index (χ4v) is 4.06. The van der Waals surface area contributed by atoms with Gasteiger partial charge in [0.15, 0.2) is 0 Å². The second-order valence-electron chi connectivity index (χ2n) is 7.33. The van der Waals surface area contributed by atoms with Crippen molar-refractivity contribution in [3.8, 4) is 0 Å². The Morgan fingerprint density at radius 1 is 1.14 bits per heavy atom. The smallest absolute Gasteiger partial charge is 0.0605 e. The third-order valence-corrected chi connectivity index (χ3v) is 5.51. The van der Waals surface area contributed by atoms with Gasteiger partial charge in [-0.15, -0.1) is 11.8 Å². The van der Waals surface area contributed by atoms with Crippen LogP contribution in [0.2, 0.25) is 0 Å². The summed E-state index contributed by atoms with van der Waals surface area (Å²) in [4.78, 5) is 7.61. The van der Waals surface area contributed by atoms with Gasteiger partial charge >= 0.3 is 0 Å². The van der Waals surface area contributed by atoms with Crippen molar-refractivity contribution in [3.05, 3.63) is 0 Å². The summed E-state index contributed by atoms with van der Waals surface area (Å²) in [6, 6.07) is 0.752. The van der Waals surface area contributed by atoms with E-state index >= 15 is 0 Å². The lowest BCUT2D eigenvalue weighted by Crippen LogP contribution is -2.49. The van der Waals surface area contributed by atoms with Crippen LogP contribution < -0.4 is 0 Å². The lowest BCUT2D eigenvalue weighted by molar-refractivity contribution is -0.0539. The molecule has 4 nitrogen and oxygen atoms in total. The summed E-state index contributed by atoms with van der Waals surface area (Å²) >= 11 is 1.93. The Morgan fingerprint density at radius 3 is 2.36 bits per heavy atom. The van der Waals surface area contributed by atoms with Gasteiger partial charge in [0.2, 0.25) is 0 Å². The maximum atomic E-state index is 6.05. The molecule has 2 aliphatic rings. The maximum absolute atomic E-state index is 6.05. The molecule has 0 aromatic rings. The predicted molar refractivity (Wildman–Crippen MR) is 96.6 cm³/mol. The Hall–Kier alpha value is 0.190.